The van der Waals surface area contributed by atoms with Gasteiger partial charge in [0.2, 0.25) is 5.91 Å². The molecule has 0 unspecified atom stereocenters. The Labute approximate surface area is 192 Å². The molecule has 172 valence electrons. The second kappa shape index (κ2) is 10.2. The molecule has 1 heterocycles. The zero-order valence-electron chi connectivity index (χ0n) is 18.9. The van der Waals surface area contributed by atoms with Crippen molar-refractivity contribution in [3.63, 3.8) is 0 Å². The van der Waals surface area contributed by atoms with Gasteiger partial charge in [0.05, 0.1) is 12.7 Å². The highest BCUT2D eigenvalue weighted by molar-refractivity contribution is 7.17. The average molecular weight is 459 g/mol. The van der Waals surface area contributed by atoms with Gasteiger partial charge < -0.3 is 20.1 Å². The number of nitrogens with one attached hydrogen (secondary N) is 2. The maximum atomic E-state index is 13.3. The molecular formula is C24H30N2O5S. The number of hydrogen-bond donors (Lipinski definition) is 2. The highest BCUT2D eigenvalue weighted by Crippen LogP contribution is 2.27. The molecular weight excluding hydrogens is 428 g/mol. The van der Waals surface area contributed by atoms with Gasteiger partial charge in [0.25, 0.3) is 0 Å². The molecule has 2 amide bonds. The summed E-state index contributed by atoms with van der Waals surface area (Å²) in [5.74, 6) is -0.815. The van der Waals surface area contributed by atoms with E-state index in [1.165, 1.54) is 7.11 Å². The summed E-state index contributed by atoms with van der Waals surface area (Å²) in [7, 11) is 1.33. The van der Waals surface area contributed by atoms with Crippen molar-refractivity contribution in [2.45, 2.75) is 64.5 Å². The molecule has 0 bridgehead atoms. The van der Waals surface area contributed by atoms with Crippen LogP contribution in [0.2, 0.25) is 0 Å². The van der Waals surface area contributed by atoms with Crippen LogP contribution in [0.25, 0.3) is 10.1 Å². The number of hydrogen-bond acceptors (Lipinski definition) is 6. The van der Waals surface area contributed by atoms with Gasteiger partial charge in [-0.05, 0) is 68.9 Å². The molecule has 0 radical (unpaired) electrons. The standard InChI is InChI=1S/C24H30N2O5S/c1-24(2,3)31-23(29)26-19(13-15-14-32-20-12-8-6-9-16(15)20)21(27)25-18-11-7-5-10-17(18)22(28)30-4/h6,8-9,12,14,19H,5,7,10-11,13H2,1-4H3,(H,25,27)(H,26,29)/t19-/m1/s1. The Bertz CT molecular complexity index is 1030. The molecule has 3 rings (SSSR count). The van der Waals surface area contributed by atoms with Crippen molar-refractivity contribution < 1.29 is 23.9 Å². The van der Waals surface area contributed by atoms with Crippen LogP contribution in [-0.4, -0.2) is 36.7 Å². The molecule has 1 atom stereocenters. The van der Waals surface area contributed by atoms with Gasteiger partial charge in [0, 0.05) is 16.8 Å². The van der Waals surface area contributed by atoms with E-state index in [1.807, 2.05) is 29.6 Å². The third-order valence-electron chi connectivity index (χ3n) is 5.17. The Kier molecular flexibility index (Phi) is 7.56. The first-order valence-electron chi connectivity index (χ1n) is 10.7. The van der Waals surface area contributed by atoms with Gasteiger partial charge in [-0.2, -0.15) is 0 Å². The summed E-state index contributed by atoms with van der Waals surface area (Å²) in [6.07, 6.45) is 2.51. The zero-order chi connectivity index (χ0) is 23.3. The Morgan fingerprint density at radius 2 is 1.84 bits per heavy atom. The number of fused-ring (bicyclic) bond motifs is 1. The van der Waals surface area contributed by atoms with Crippen molar-refractivity contribution in [3.05, 3.63) is 46.5 Å². The second-order valence-corrected chi connectivity index (χ2v) is 9.72. The van der Waals surface area contributed by atoms with E-state index in [0.717, 1.165) is 28.5 Å². The molecule has 0 saturated heterocycles. The molecule has 1 aromatic heterocycles. The molecule has 0 aliphatic heterocycles. The first-order chi connectivity index (χ1) is 15.2. The van der Waals surface area contributed by atoms with Crippen molar-refractivity contribution in [1.82, 2.24) is 10.6 Å². The zero-order valence-corrected chi connectivity index (χ0v) is 19.8. The van der Waals surface area contributed by atoms with Gasteiger partial charge in [-0.1, -0.05) is 18.2 Å². The highest BCUT2D eigenvalue weighted by Gasteiger charge is 2.28. The second-order valence-electron chi connectivity index (χ2n) is 8.81. The van der Waals surface area contributed by atoms with Crippen LogP contribution in [0.5, 0.6) is 0 Å². The number of carbonyl (C=O) groups excluding carboxylic acids is 3. The van der Waals surface area contributed by atoms with Gasteiger partial charge in [-0.25, -0.2) is 9.59 Å². The van der Waals surface area contributed by atoms with Crippen LogP contribution in [0.15, 0.2) is 40.9 Å². The van der Waals surface area contributed by atoms with Gasteiger partial charge in [0.1, 0.15) is 11.6 Å². The molecule has 8 heteroatoms. The van der Waals surface area contributed by atoms with E-state index in [2.05, 4.69) is 10.6 Å². The molecule has 32 heavy (non-hydrogen) atoms. The molecule has 1 aromatic carbocycles. The molecule has 7 nitrogen and oxygen atoms in total. The lowest BCUT2D eigenvalue weighted by Gasteiger charge is -2.25. The molecule has 0 fully saturated rings. The summed E-state index contributed by atoms with van der Waals surface area (Å²) in [6.45, 7) is 5.30. The largest absolute Gasteiger partial charge is 0.466 e. The van der Waals surface area contributed by atoms with Crippen LogP contribution in [0.1, 0.15) is 52.0 Å². The van der Waals surface area contributed by atoms with E-state index >= 15 is 0 Å². The predicted octanol–water partition coefficient (Wildman–Crippen LogP) is 4.45. The smallest absolute Gasteiger partial charge is 0.408 e. The molecule has 1 aliphatic rings. The first-order valence-corrected chi connectivity index (χ1v) is 11.6. The van der Waals surface area contributed by atoms with Crippen molar-refractivity contribution in [1.29, 1.82) is 0 Å². The van der Waals surface area contributed by atoms with Crippen molar-refractivity contribution in [2.75, 3.05) is 7.11 Å². The minimum atomic E-state index is -0.865. The number of alkyl carbamates (subject to hydrolysis) is 1. The number of amides is 2. The van der Waals surface area contributed by atoms with Crippen molar-refractivity contribution in [2.24, 2.45) is 0 Å². The number of allylic oxidation sites excluding steroid dienone is 1. The fourth-order valence-electron chi connectivity index (χ4n) is 3.70. The first kappa shape index (κ1) is 23.8. The minimum absolute atomic E-state index is 0.302. The SMILES string of the molecule is COC(=O)C1=C(NC(=O)[C@@H](Cc2csc3ccccc23)NC(=O)OC(C)(C)C)CCCC1. The monoisotopic (exact) mass is 458 g/mol. The average Bonchev–Trinajstić information content (AvgIpc) is 3.14. The number of ether oxygens (including phenoxy) is 2. The van der Waals surface area contributed by atoms with Crippen LogP contribution in [0, 0.1) is 0 Å². The number of thiophene rings is 1. The van der Waals surface area contributed by atoms with Gasteiger partial charge in [-0.3, -0.25) is 4.79 Å². The third-order valence-corrected chi connectivity index (χ3v) is 6.18. The molecule has 0 spiro atoms. The number of carbonyl (C=O) groups is 3. The summed E-state index contributed by atoms with van der Waals surface area (Å²) in [5, 5.41) is 8.65. The minimum Gasteiger partial charge on any atom is -0.466 e. The third kappa shape index (κ3) is 6.09. The van der Waals surface area contributed by atoms with Crippen LogP contribution in [0.4, 0.5) is 4.79 Å². The van der Waals surface area contributed by atoms with Crippen molar-refractivity contribution in [3.8, 4) is 0 Å². The van der Waals surface area contributed by atoms with E-state index in [-0.39, 0.29) is 5.91 Å². The predicted molar refractivity (Wildman–Crippen MR) is 124 cm³/mol. The van der Waals surface area contributed by atoms with Gasteiger partial charge in [-0.15, -0.1) is 11.3 Å². The van der Waals surface area contributed by atoms with Gasteiger partial charge >= 0.3 is 12.1 Å². The normalized spacial score (nSPS) is 15.2. The van der Waals surface area contributed by atoms with E-state index in [0.29, 0.717) is 30.5 Å². The lowest BCUT2D eigenvalue weighted by molar-refractivity contribution is -0.136. The van der Waals surface area contributed by atoms with E-state index in [4.69, 9.17) is 9.47 Å². The number of methoxy groups -OCH3 is 1. The van der Waals surface area contributed by atoms with Crippen molar-refractivity contribution >= 4 is 39.4 Å². The fourth-order valence-corrected chi connectivity index (χ4v) is 4.67. The van der Waals surface area contributed by atoms with E-state index < -0.39 is 23.7 Å². The summed E-state index contributed by atoms with van der Waals surface area (Å²) in [4.78, 5) is 37.9. The van der Waals surface area contributed by atoms with E-state index in [1.54, 1.807) is 32.1 Å². The topological polar surface area (TPSA) is 93.7 Å². The Hall–Kier alpha value is -2.87. The van der Waals surface area contributed by atoms with Gasteiger partial charge in [0.15, 0.2) is 0 Å². The quantitative estimate of drug-likeness (QED) is 0.624. The number of rotatable bonds is 6. The van der Waals surface area contributed by atoms with E-state index in [9.17, 15) is 14.4 Å². The molecule has 0 saturated carbocycles. The fraction of sp³-hybridized carbons (Fsp3) is 0.458. The Balaban J connectivity index is 1.85. The lowest BCUT2D eigenvalue weighted by atomic mass is 9.95. The summed E-state index contributed by atoms with van der Waals surface area (Å²) in [6, 6.07) is 7.08. The molecule has 2 N–H and O–H groups in total. The van der Waals surface area contributed by atoms with Crippen LogP contribution in [0.3, 0.4) is 0 Å². The van der Waals surface area contributed by atoms with Crippen LogP contribution >= 0.6 is 11.3 Å². The maximum Gasteiger partial charge on any atom is 0.408 e. The summed E-state index contributed by atoms with van der Waals surface area (Å²) in [5.41, 5.74) is 1.33. The summed E-state index contributed by atoms with van der Waals surface area (Å²) >= 11 is 1.59. The Morgan fingerprint density at radius 3 is 2.56 bits per heavy atom. The highest BCUT2D eigenvalue weighted by atomic mass is 32.1. The lowest BCUT2D eigenvalue weighted by Crippen LogP contribution is -2.49. The van der Waals surface area contributed by atoms with Crippen LogP contribution in [-0.2, 0) is 25.5 Å². The Morgan fingerprint density at radius 1 is 1.12 bits per heavy atom. The summed E-state index contributed by atoms with van der Waals surface area (Å²) < 4.78 is 11.4. The number of benzene rings is 1. The number of esters is 1. The molecule has 2 aromatic rings. The molecule has 1 aliphatic carbocycles. The van der Waals surface area contributed by atoms with Crippen LogP contribution < -0.4 is 10.6 Å². The maximum absolute atomic E-state index is 13.3.